The lowest BCUT2D eigenvalue weighted by Crippen LogP contribution is -2.31. The zero-order chi connectivity index (χ0) is 15.8. The molecule has 0 aliphatic rings. The molecule has 0 unspecified atom stereocenters. The second-order valence-corrected chi connectivity index (χ2v) is 6.48. The number of benzene rings is 1. The molecule has 0 atom stereocenters. The summed E-state index contributed by atoms with van der Waals surface area (Å²) < 4.78 is 5.24. The Bertz CT molecular complexity index is 416. The fourth-order valence-electron chi connectivity index (χ4n) is 2.36. The summed E-state index contributed by atoms with van der Waals surface area (Å²) in [5.41, 5.74) is 4.03. The van der Waals surface area contributed by atoms with Gasteiger partial charge in [0.05, 0.1) is 6.61 Å². The van der Waals surface area contributed by atoms with Crippen LogP contribution in [0.15, 0.2) is 18.2 Å². The van der Waals surface area contributed by atoms with Gasteiger partial charge >= 0.3 is 0 Å². The van der Waals surface area contributed by atoms with Crippen LogP contribution < -0.4 is 10.2 Å². The third-order valence-electron chi connectivity index (χ3n) is 3.54. The minimum atomic E-state index is 0.517. The van der Waals surface area contributed by atoms with Crippen LogP contribution in [0.1, 0.15) is 38.8 Å². The van der Waals surface area contributed by atoms with Crippen LogP contribution in [0.2, 0.25) is 0 Å². The molecule has 0 bridgehead atoms. The van der Waals surface area contributed by atoms with E-state index < -0.39 is 0 Å². The fraction of sp³-hybridized carbons (Fsp3) is 0.667. The van der Waals surface area contributed by atoms with E-state index in [2.05, 4.69) is 63.0 Å². The Balaban J connectivity index is 2.81. The number of hydrogen-bond acceptors (Lipinski definition) is 3. The van der Waals surface area contributed by atoms with Crippen LogP contribution in [0.25, 0.3) is 0 Å². The van der Waals surface area contributed by atoms with E-state index in [0.717, 1.165) is 26.2 Å². The standard InChI is InChI=1S/C18H32N2O/c1-14(2)13-20(9-10-21-6)18-8-7-17(16(5)11-18)12-19-15(3)4/h7-8,11,14-15,19H,9-10,12-13H2,1-6H3. The summed E-state index contributed by atoms with van der Waals surface area (Å²) in [4.78, 5) is 2.42. The summed E-state index contributed by atoms with van der Waals surface area (Å²) in [6, 6.07) is 7.31. The van der Waals surface area contributed by atoms with Crippen LogP contribution in [0.5, 0.6) is 0 Å². The highest BCUT2D eigenvalue weighted by Gasteiger charge is 2.10. The minimum Gasteiger partial charge on any atom is -0.383 e. The molecular weight excluding hydrogens is 260 g/mol. The maximum atomic E-state index is 5.24. The first-order valence-corrected chi connectivity index (χ1v) is 8.00. The molecule has 0 fully saturated rings. The van der Waals surface area contributed by atoms with Crippen LogP contribution in [-0.2, 0) is 11.3 Å². The number of nitrogens with one attached hydrogen (secondary N) is 1. The summed E-state index contributed by atoms with van der Waals surface area (Å²) >= 11 is 0. The van der Waals surface area contributed by atoms with Crippen molar-refractivity contribution in [3.05, 3.63) is 29.3 Å². The molecule has 0 aliphatic heterocycles. The van der Waals surface area contributed by atoms with Gasteiger partial charge in [0, 0.05) is 38.5 Å². The van der Waals surface area contributed by atoms with E-state index in [4.69, 9.17) is 4.74 Å². The Morgan fingerprint density at radius 3 is 2.43 bits per heavy atom. The lowest BCUT2D eigenvalue weighted by atomic mass is 10.1. The summed E-state index contributed by atoms with van der Waals surface area (Å²) in [5.74, 6) is 0.643. The first kappa shape index (κ1) is 18.0. The SMILES string of the molecule is COCCN(CC(C)C)c1ccc(CNC(C)C)c(C)c1. The molecule has 120 valence electrons. The predicted octanol–water partition coefficient (Wildman–Crippen LogP) is 3.60. The van der Waals surface area contributed by atoms with Crippen molar-refractivity contribution in [2.45, 2.75) is 47.2 Å². The van der Waals surface area contributed by atoms with Gasteiger partial charge in [-0.1, -0.05) is 33.8 Å². The first-order valence-electron chi connectivity index (χ1n) is 8.00. The van der Waals surface area contributed by atoms with Crippen molar-refractivity contribution in [2.24, 2.45) is 5.92 Å². The highest BCUT2D eigenvalue weighted by atomic mass is 16.5. The van der Waals surface area contributed by atoms with Crippen LogP contribution in [-0.4, -0.2) is 32.8 Å². The van der Waals surface area contributed by atoms with Gasteiger partial charge in [-0.15, -0.1) is 0 Å². The number of hydrogen-bond donors (Lipinski definition) is 1. The van der Waals surface area contributed by atoms with Gasteiger partial charge in [-0.25, -0.2) is 0 Å². The molecule has 21 heavy (non-hydrogen) atoms. The highest BCUT2D eigenvalue weighted by Crippen LogP contribution is 2.20. The fourth-order valence-corrected chi connectivity index (χ4v) is 2.36. The van der Waals surface area contributed by atoms with Crippen molar-refractivity contribution in [3.8, 4) is 0 Å². The van der Waals surface area contributed by atoms with Crippen LogP contribution >= 0.6 is 0 Å². The normalized spacial score (nSPS) is 11.4. The average molecular weight is 292 g/mol. The molecule has 0 saturated heterocycles. The Hall–Kier alpha value is -1.06. The van der Waals surface area contributed by atoms with Gasteiger partial charge in [-0.2, -0.15) is 0 Å². The van der Waals surface area contributed by atoms with Gasteiger partial charge in [0.1, 0.15) is 0 Å². The van der Waals surface area contributed by atoms with E-state index >= 15 is 0 Å². The lowest BCUT2D eigenvalue weighted by Gasteiger charge is -2.27. The third kappa shape index (κ3) is 6.49. The topological polar surface area (TPSA) is 24.5 Å². The largest absolute Gasteiger partial charge is 0.383 e. The quantitative estimate of drug-likeness (QED) is 0.752. The number of nitrogens with zero attached hydrogens (tertiary/aromatic N) is 1. The molecule has 0 heterocycles. The second-order valence-electron chi connectivity index (χ2n) is 6.48. The Morgan fingerprint density at radius 1 is 1.19 bits per heavy atom. The molecule has 0 radical (unpaired) electrons. The molecule has 0 aliphatic carbocycles. The zero-order valence-electron chi connectivity index (χ0n) is 14.6. The van der Waals surface area contributed by atoms with Gasteiger partial charge in [0.15, 0.2) is 0 Å². The number of anilines is 1. The summed E-state index contributed by atoms with van der Waals surface area (Å²) in [7, 11) is 1.76. The van der Waals surface area contributed by atoms with Crippen molar-refractivity contribution in [1.29, 1.82) is 0 Å². The van der Waals surface area contributed by atoms with Crippen molar-refractivity contribution >= 4 is 5.69 Å². The predicted molar refractivity (Wildman–Crippen MR) is 92.1 cm³/mol. The first-order chi connectivity index (χ1) is 9.93. The van der Waals surface area contributed by atoms with E-state index in [1.807, 2.05) is 0 Å². The van der Waals surface area contributed by atoms with Crippen molar-refractivity contribution in [1.82, 2.24) is 5.32 Å². The van der Waals surface area contributed by atoms with E-state index in [1.165, 1.54) is 16.8 Å². The van der Waals surface area contributed by atoms with E-state index in [1.54, 1.807) is 7.11 Å². The Labute approximate surface area is 130 Å². The Kier molecular flexibility index (Phi) is 7.76. The summed E-state index contributed by atoms with van der Waals surface area (Å²) in [6.07, 6.45) is 0. The molecule has 3 heteroatoms. The van der Waals surface area contributed by atoms with Crippen LogP contribution in [0.4, 0.5) is 5.69 Å². The zero-order valence-corrected chi connectivity index (χ0v) is 14.6. The van der Waals surface area contributed by atoms with Crippen molar-refractivity contribution in [2.75, 3.05) is 31.7 Å². The van der Waals surface area contributed by atoms with Gasteiger partial charge in [-0.05, 0) is 36.1 Å². The molecular formula is C18H32N2O. The van der Waals surface area contributed by atoms with E-state index in [9.17, 15) is 0 Å². The molecule has 1 aromatic carbocycles. The third-order valence-corrected chi connectivity index (χ3v) is 3.54. The van der Waals surface area contributed by atoms with E-state index in [0.29, 0.717) is 12.0 Å². The smallest absolute Gasteiger partial charge is 0.0637 e. The lowest BCUT2D eigenvalue weighted by molar-refractivity contribution is 0.204. The monoisotopic (exact) mass is 292 g/mol. The molecule has 0 amide bonds. The number of methoxy groups -OCH3 is 1. The molecule has 0 saturated carbocycles. The molecule has 1 N–H and O–H groups in total. The number of aryl methyl sites for hydroxylation is 1. The minimum absolute atomic E-state index is 0.517. The summed E-state index contributed by atoms with van der Waals surface area (Å²) in [5, 5.41) is 3.48. The average Bonchev–Trinajstić information content (AvgIpc) is 2.41. The Morgan fingerprint density at radius 2 is 1.90 bits per heavy atom. The van der Waals surface area contributed by atoms with Gasteiger partial charge in [0.2, 0.25) is 0 Å². The van der Waals surface area contributed by atoms with Crippen LogP contribution in [0, 0.1) is 12.8 Å². The van der Waals surface area contributed by atoms with Gasteiger partial charge in [-0.3, -0.25) is 0 Å². The van der Waals surface area contributed by atoms with Gasteiger partial charge < -0.3 is 15.0 Å². The molecule has 1 aromatic rings. The maximum Gasteiger partial charge on any atom is 0.0637 e. The highest BCUT2D eigenvalue weighted by molar-refractivity contribution is 5.51. The molecule has 1 rings (SSSR count). The number of rotatable bonds is 9. The van der Waals surface area contributed by atoms with Crippen molar-refractivity contribution < 1.29 is 4.74 Å². The molecule has 0 aromatic heterocycles. The maximum absolute atomic E-state index is 5.24. The number of ether oxygens (including phenoxy) is 1. The molecule has 3 nitrogen and oxygen atoms in total. The molecule has 0 spiro atoms. The van der Waals surface area contributed by atoms with Gasteiger partial charge in [0.25, 0.3) is 0 Å². The summed E-state index contributed by atoms with van der Waals surface area (Å²) in [6.45, 7) is 14.8. The van der Waals surface area contributed by atoms with E-state index in [-0.39, 0.29) is 0 Å². The second kappa shape index (κ2) is 9.06. The van der Waals surface area contributed by atoms with Crippen LogP contribution in [0.3, 0.4) is 0 Å². The van der Waals surface area contributed by atoms with Crippen molar-refractivity contribution in [3.63, 3.8) is 0 Å².